The molecule has 2 atom stereocenters. The summed E-state index contributed by atoms with van der Waals surface area (Å²) in [7, 11) is 0. The van der Waals surface area contributed by atoms with E-state index < -0.39 is 11.9 Å². The Labute approximate surface area is 272 Å². The van der Waals surface area contributed by atoms with Crippen LogP contribution in [0, 0.1) is 11.8 Å². The lowest BCUT2D eigenvalue weighted by atomic mass is 9.76. The molecular formula is C40H70O4. The van der Waals surface area contributed by atoms with Gasteiger partial charge >= 0.3 is 11.9 Å². The topological polar surface area (TPSA) is 74.6 Å². The van der Waals surface area contributed by atoms with Crippen LogP contribution >= 0.6 is 0 Å². The fourth-order valence-corrected chi connectivity index (χ4v) is 7.12. The van der Waals surface area contributed by atoms with Crippen molar-refractivity contribution in [1.82, 2.24) is 0 Å². The zero-order chi connectivity index (χ0) is 32.7. The van der Waals surface area contributed by atoms with Gasteiger partial charge in [0.05, 0.1) is 11.1 Å². The average molecular weight is 615 g/mol. The molecular weight excluding hydrogens is 544 g/mol. The second-order valence-corrected chi connectivity index (χ2v) is 13.6. The van der Waals surface area contributed by atoms with Crippen molar-refractivity contribution in [2.45, 2.75) is 196 Å². The predicted molar refractivity (Wildman–Crippen MR) is 189 cm³/mol. The number of carboxylic acids is 2. The molecule has 0 amide bonds. The van der Waals surface area contributed by atoms with E-state index >= 15 is 0 Å². The maximum Gasteiger partial charge on any atom is 0.336 e. The summed E-state index contributed by atoms with van der Waals surface area (Å²) in [6.45, 7) is 13.4. The van der Waals surface area contributed by atoms with Gasteiger partial charge in [0.15, 0.2) is 0 Å². The monoisotopic (exact) mass is 615 g/mol. The molecule has 0 aliphatic carbocycles. The van der Waals surface area contributed by atoms with Crippen LogP contribution in [-0.2, 0) is 25.7 Å². The number of carboxylic acid groups (broad SMARTS) is 2. The Morgan fingerprint density at radius 2 is 0.818 bits per heavy atom. The first-order chi connectivity index (χ1) is 21.3. The summed E-state index contributed by atoms with van der Waals surface area (Å²) < 4.78 is 0. The summed E-state index contributed by atoms with van der Waals surface area (Å²) in [4.78, 5) is 26.2. The van der Waals surface area contributed by atoms with Crippen molar-refractivity contribution < 1.29 is 19.8 Å². The number of aromatic carboxylic acids is 2. The van der Waals surface area contributed by atoms with Crippen molar-refractivity contribution in [2.24, 2.45) is 11.8 Å². The van der Waals surface area contributed by atoms with E-state index in [-0.39, 0.29) is 11.1 Å². The van der Waals surface area contributed by atoms with Gasteiger partial charge in [0.25, 0.3) is 0 Å². The molecule has 254 valence electrons. The minimum Gasteiger partial charge on any atom is -0.478 e. The Hall–Kier alpha value is -1.84. The first kappa shape index (κ1) is 40.2. The van der Waals surface area contributed by atoms with Gasteiger partial charge in [0.1, 0.15) is 0 Å². The molecule has 2 N–H and O–H groups in total. The fraction of sp³-hybridized carbons (Fsp3) is 0.800. The Kier molecular flexibility index (Phi) is 22.3. The highest BCUT2D eigenvalue weighted by Crippen LogP contribution is 2.37. The number of benzene rings is 1. The molecule has 4 nitrogen and oxygen atoms in total. The van der Waals surface area contributed by atoms with E-state index in [1.165, 1.54) is 62.5 Å². The van der Waals surface area contributed by atoms with E-state index in [1.54, 1.807) is 0 Å². The van der Waals surface area contributed by atoms with Gasteiger partial charge in [0, 0.05) is 0 Å². The van der Waals surface area contributed by atoms with Gasteiger partial charge in [-0.15, -0.1) is 0 Å². The standard InChI is InChI=1S/C40H70O4/c1-7-13-17-19-21-23-27-33-34(28-24-22-20-18-14-8-2)37(39(41)42)38(40(43)44)36(30-32(12-6)26-16-10-4)35(33)29-31(11-5)25-15-9-3/h31-32H,7-30H2,1-6H3,(H,41,42)(H,43,44). The van der Waals surface area contributed by atoms with E-state index in [9.17, 15) is 19.8 Å². The molecule has 0 aliphatic heterocycles. The smallest absolute Gasteiger partial charge is 0.336 e. The summed E-state index contributed by atoms with van der Waals surface area (Å²) in [5.41, 5.74) is 4.37. The normalized spacial score (nSPS) is 12.9. The lowest BCUT2D eigenvalue weighted by Gasteiger charge is -2.28. The molecule has 44 heavy (non-hydrogen) atoms. The molecule has 0 aliphatic rings. The van der Waals surface area contributed by atoms with E-state index in [0.29, 0.717) is 24.7 Å². The molecule has 0 heterocycles. The lowest BCUT2D eigenvalue weighted by Crippen LogP contribution is -2.23. The highest BCUT2D eigenvalue weighted by Gasteiger charge is 2.31. The summed E-state index contributed by atoms with van der Waals surface area (Å²) in [6, 6.07) is 0. The maximum atomic E-state index is 13.1. The van der Waals surface area contributed by atoms with Crippen LogP contribution in [-0.4, -0.2) is 22.2 Å². The van der Waals surface area contributed by atoms with Crippen molar-refractivity contribution in [2.75, 3.05) is 0 Å². The predicted octanol–water partition coefficient (Wildman–Crippen LogP) is 12.4. The lowest BCUT2D eigenvalue weighted by molar-refractivity contribution is 0.0648. The quantitative estimate of drug-likeness (QED) is 0.0921. The maximum absolute atomic E-state index is 13.1. The van der Waals surface area contributed by atoms with E-state index in [0.717, 1.165) is 101 Å². The molecule has 1 aromatic rings. The number of hydrogen-bond donors (Lipinski definition) is 2. The van der Waals surface area contributed by atoms with Crippen LogP contribution < -0.4 is 0 Å². The van der Waals surface area contributed by atoms with Crippen LogP contribution in [0.25, 0.3) is 0 Å². The number of carbonyl (C=O) groups is 2. The largest absolute Gasteiger partial charge is 0.478 e. The van der Waals surface area contributed by atoms with Crippen LogP contribution in [0.15, 0.2) is 0 Å². The molecule has 0 spiro atoms. The zero-order valence-electron chi connectivity index (χ0n) is 29.8. The summed E-state index contributed by atoms with van der Waals surface area (Å²) in [5.74, 6) is -1.25. The number of unbranched alkanes of at least 4 members (excludes halogenated alkanes) is 12. The van der Waals surface area contributed by atoms with Crippen LogP contribution in [0.1, 0.15) is 213 Å². The molecule has 0 aromatic heterocycles. The van der Waals surface area contributed by atoms with E-state index in [1.807, 2.05) is 0 Å². The number of rotatable bonds is 28. The SMILES string of the molecule is CCCCCCCCc1c(CC(CC)CCCC)c(CC(CC)CCCC)c(C(=O)O)c(C(=O)O)c1CCCCCCCC. The number of hydrogen-bond acceptors (Lipinski definition) is 2. The van der Waals surface area contributed by atoms with Gasteiger partial charge in [-0.2, -0.15) is 0 Å². The Morgan fingerprint density at radius 3 is 1.23 bits per heavy atom. The van der Waals surface area contributed by atoms with Gasteiger partial charge in [0.2, 0.25) is 0 Å². The van der Waals surface area contributed by atoms with Gasteiger partial charge in [-0.3, -0.25) is 0 Å². The fourth-order valence-electron chi connectivity index (χ4n) is 7.12. The second kappa shape index (κ2) is 24.4. The van der Waals surface area contributed by atoms with Crippen LogP contribution in [0.2, 0.25) is 0 Å². The third-order valence-corrected chi connectivity index (χ3v) is 10.0. The molecule has 2 unspecified atom stereocenters. The Balaban J connectivity index is 3.87. The van der Waals surface area contributed by atoms with Crippen molar-refractivity contribution in [1.29, 1.82) is 0 Å². The zero-order valence-corrected chi connectivity index (χ0v) is 29.8. The average Bonchev–Trinajstić information content (AvgIpc) is 3.01. The molecule has 1 rings (SSSR count). The van der Waals surface area contributed by atoms with Crippen molar-refractivity contribution in [3.63, 3.8) is 0 Å². The van der Waals surface area contributed by atoms with Crippen molar-refractivity contribution in [3.05, 3.63) is 33.4 Å². The Morgan fingerprint density at radius 1 is 0.455 bits per heavy atom. The first-order valence-electron chi connectivity index (χ1n) is 19.0. The van der Waals surface area contributed by atoms with Crippen LogP contribution in [0.3, 0.4) is 0 Å². The Bertz CT molecular complexity index is 934. The minimum atomic E-state index is -1.06. The van der Waals surface area contributed by atoms with Gasteiger partial charge in [-0.1, -0.05) is 157 Å². The highest BCUT2D eigenvalue weighted by atomic mass is 16.4. The minimum absolute atomic E-state index is 0.109. The van der Waals surface area contributed by atoms with E-state index in [2.05, 4.69) is 41.5 Å². The van der Waals surface area contributed by atoms with Crippen LogP contribution in [0.4, 0.5) is 0 Å². The summed E-state index contributed by atoms with van der Waals surface area (Å²) in [6.07, 6.45) is 25.9. The summed E-state index contributed by atoms with van der Waals surface area (Å²) >= 11 is 0. The van der Waals surface area contributed by atoms with Gasteiger partial charge < -0.3 is 10.2 Å². The van der Waals surface area contributed by atoms with Crippen molar-refractivity contribution in [3.8, 4) is 0 Å². The third-order valence-electron chi connectivity index (χ3n) is 10.0. The molecule has 1 aromatic carbocycles. The third kappa shape index (κ3) is 14.1. The van der Waals surface area contributed by atoms with Crippen molar-refractivity contribution >= 4 is 11.9 Å². The highest BCUT2D eigenvalue weighted by molar-refractivity contribution is 6.04. The molecule has 0 saturated heterocycles. The summed E-state index contributed by atoms with van der Waals surface area (Å²) in [5, 5.41) is 21.4. The second-order valence-electron chi connectivity index (χ2n) is 13.6. The van der Waals surface area contributed by atoms with Gasteiger partial charge in [-0.05, 0) is 72.6 Å². The molecule has 0 bridgehead atoms. The van der Waals surface area contributed by atoms with Crippen LogP contribution in [0.5, 0.6) is 0 Å². The molecule has 0 fully saturated rings. The van der Waals surface area contributed by atoms with Gasteiger partial charge in [-0.25, -0.2) is 9.59 Å². The molecule has 0 saturated carbocycles. The first-order valence-corrected chi connectivity index (χ1v) is 19.0. The van der Waals surface area contributed by atoms with E-state index in [4.69, 9.17) is 0 Å². The molecule has 0 radical (unpaired) electrons. The molecule has 4 heteroatoms.